The van der Waals surface area contributed by atoms with Crippen LogP contribution < -0.4 is 0 Å². The zero-order valence-electron chi connectivity index (χ0n) is 11.3. The lowest BCUT2D eigenvalue weighted by atomic mass is 9.84. The molecular weight excluding hydrogens is 238 g/mol. The van der Waals surface area contributed by atoms with Crippen molar-refractivity contribution < 1.29 is 4.79 Å². The standard InChI is InChI=1S/C15H21N3O/c19-15(11-2-1-3-11)18-8-6-12-13(7-9-18)16-17-14(12)10-4-5-10/h10-11H,1-9H2,(H,16,17). The van der Waals surface area contributed by atoms with Gasteiger partial charge in [0.2, 0.25) is 5.91 Å². The summed E-state index contributed by atoms with van der Waals surface area (Å²) < 4.78 is 0. The predicted octanol–water partition coefficient (Wildman–Crippen LogP) is 2.01. The highest BCUT2D eigenvalue weighted by molar-refractivity contribution is 5.79. The van der Waals surface area contributed by atoms with Gasteiger partial charge in [-0.2, -0.15) is 5.10 Å². The van der Waals surface area contributed by atoms with Crippen LogP contribution in [-0.2, 0) is 17.6 Å². The zero-order valence-corrected chi connectivity index (χ0v) is 11.3. The van der Waals surface area contributed by atoms with Crippen molar-refractivity contribution in [2.45, 2.75) is 50.9 Å². The summed E-state index contributed by atoms with van der Waals surface area (Å²) in [4.78, 5) is 14.4. The molecule has 0 aromatic carbocycles. The number of hydrogen-bond acceptors (Lipinski definition) is 2. The van der Waals surface area contributed by atoms with Crippen LogP contribution in [0.3, 0.4) is 0 Å². The lowest BCUT2D eigenvalue weighted by molar-refractivity contribution is -0.138. The van der Waals surface area contributed by atoms with E-state index < -0.39 is 0 Å². The van der Waals surface area contributed by atoms with E-state index in [-0.39, 0.29) is 0 Å². The van der Waals surface area contributed by atoms with Gasteiger partial charge < -0.3 is 4.90 Å². The first-order chi connectivity index (χ1) is 9.33. The second-order valence-corrected chi connectivity index (χ2v) is 6.29. The van der Waals surface area contributed by atoms with Gasteiger partial charge in [-0.05, 0) is 37.7 Å². The Morgan fingerprint density at radius 1 is 1.16 bits per heavy atom. The van der Waals surface area contributed by atoms with Crippen molar-refractivity contribution in [3.8, 4) is 0 Å². The molecule has 4 heteroatoms. The van der Waals surface area contributed by atoms with Gasteiger partial charge in [0.1, 0.15) is 0 Å². The molecule has 4 nitrogen and oxygen atoms in total. The Balaban J connectivity index is 1.49. The Labute approximate surface area is 113 Å². The van der Waals surface area contributed by atoms with Crippen LogP contribution in [0.25, 0.3) is 0 Å². The van der Waals surface area contributed by atoms with Gasteiger partial charge in [0, 0.05) is 37.0 Å². The molecule has 19 heavy (non-hydrogen) atoms. The molecule has 2 fully saturated rings. The van der Waals surface area contributed by atoms with E-state index in [2.05, 4.69) is 15.1 Å². The average Bonchev–Trinajstić information content (AvgIpc) is 3.13. The number of nitrogens with one attached hydrogen (secondary N) is 1. The molecule has 1 N–H and O–H groups in total. The van der Waals surface area contributed by atoms with E-state index >= 15 is 0 Å². The summed E-state index contributed by atoms with van der Waals surface area (Å²) >= 11 is 0. The van der Waals surface area contributed by atoms with Crippen LogP contribution in [0.5, 0.6) is 0 Å². The first-order valence-electron chi connectivity index (χ1n) is 7.67. The van der Waals surface area contributed by atoms with E-state index in [0.29, 0.717) is 17.7 Å². The molecule has 0 spiro atoms. The zero-order chi connectivity index (χ0) is 12.8. The van der Waals surface area contributed by atoms with Crippen molar-refractivity contribution in [2.24, 2.45) is 5.92 Å². The number of rotatable bonds is 2. The second-order valence-electron chi connectivity index (χ2n) is 6.29. The number of aromatic amines is 1. The highest BCUT2D eigenvalue weighted by Crippen LogP contribution is 2.41. The normalized spacial score (nSPS) is 23.7. The summed E-state index contributed by atoms with van der Waals surface area (Å²) in [6.45, 7) is 1.76. The number of carbonyl (C=O) groups is 1. The van der Waals surface area contributed by atoms with Crippen LogP contribution in [0.4, 0.5) is 0 Å². The molecule has 1 aromatic heterocycles. The number of carbonyl (C=O) groups excluding carboxylic acids is 1. The van der Waals surface area contributed by atoms with Crippen LogP contribution in [-0.4, -0.2) is 34.1 Å². The number of nitrogens with zero attached hydrogens (tertiary/aromatic N) is 2. The highest BCUT2D eigenvalue weighted by atomic mass is 16.2. The van der Waals surface area contributed by atoms with Gasteiger partial charge in [0.05, 0.1) is 5.69 Å². The molecule has 1 amide bonds. The van der Waals surface area contributed by atoms with Crippen LogP contribution in [0.2, 0.25) is 0 Å². The lowest BCUT2D eigenvalue weighted by Crippen LogP contribution is -2.40. The molecule has 0 atom stereocenters. The highest BCUT2D eigenvalue weighted by Gasteiger charge is 2.33. The topological polar surface area (TPSA) is 49.0 Å². The smallest absolute Gasteiger partial charge is 0.225 e. The Morgan fingerprint density at radius 3 is 2.63 bits per heavy atom. The molecule has 2 aliphatic carbocycles. The summed E-state index contributed by atoms with van der Waals surface area (Å²) in [5, 5.41) is 7.72. The fourth-order valence-electron chi connectivity index (χ4n) is 3.34. The molecular formula is C15H21N3O. The van der Waals surface area contributed by atoms with Gasteiger partial charge in [0.15, 0.2) is 0 Å². The van der Waals surface area contributed by atoms with Gasteiger partial charge in [-0.15, -0.1) is 0 Å². The Hall–Kier alpha value is -1.32. The maximum atomic E-state index is 12.3. The number of H-pyrrole nitrogens is 1. The quantitative estimate of drug-likeness (QED) is 0.883. The predicted molar refractivity (Wildman–Crippen MR) is 71.9 cm³/mol. The maximum Gasteiger partial charge on any atom is 0.225 e. The van der Waals surface area contributed by atoms with E-state index in [1.165, 1.54) is 36.2 Å². The molecule has 0 bridgehead atoms. The molecule has 102 valence electrons. The third-order valence-corrected chi connectivity index (χ3v) is 4.98. The first-order valence-corrected chi connectivity index (χ1v) is 7.67. The molecule has 0 radical (unpaired) electrons. The Bertz CT molecular complexity index is 499. The number of aromatic nitrogens is 2. The van der Waals surface area contributed by atoms with E-state index in [4.69, 9.17) is 0 Å². The van der Waals surface area contributed by atoms with E-state index in [1.54, 1.807) is 0 Å². The van der Waals surface area contributed by atoms with Crippen LogP contribution >= 0.6 is 0 Å². The maximum absolute atomic E-state index is 12.3. The van der Waals surface area contributed by atoms with Crippen molar-refractivity contribution in [3.63, 3.8) is 0 Å². The summed E-state index contributed by atoms with van der Waals surface area (Å²) in [6, 6.07) is 0. The fraction of sp³-hybridized carbons (Fsp3) is 0.733. The molecule has 4 rings (SSSR count). The Morgan fingerprint density at radius 2 is 1.95 bits per heavy atom. The monoisotopic (exact) mass is 259 g/mol. The van der Waals surface area contributed by atoms with Crippen molar-refractivity contribution in [1.29, 1.82) is 0 Å². The largest absolute Gasteiger partial charge is 0.342 e. The Kier molecular flexibility index (Phi) is 2.64. The van der Waals surface area contributed by atoms with Crippen LogP contribution in [0.1, 0.15) is 55.0 Å². The number of fused-ring (bicyclic) bond motifs is 1. The number of hydrogen-bond donors (Lipinski definition) is 1. The summed E-state index contributed by atoms with van der Waals surface area (Å²) in [6.07, 6.45) is 7.98. The molecule has 0 unspecified atom stereocenters. The van der Waals surface area contributed by atoms with Gasteiger partial charge in [-0.25, -0.2) is 0 Å². The molecule has 1 aliphatic heterocycles. The van der Waals surface area contributed by atoms with Gasteiger partial charge >= 0.3 is 0 Å². The fourth-order valence-corrected chi connectivity index (χ4v) is 3.34. The third-order valence-electron chi connectivity index (χ3n) is 4.98. The summed E-state index contributed by atoms with van der Waals surface area (Å²) in [5.41, 5.74) is 4.00. The van der Waals surface area contributed by atoms with E-state index in [9.17, 15) is 4.79 Å². The van der Waals surface area contributed by atoms with Gasteiger partial charge in [0.25, 0.3) is 0 Å². The molecule has 2 heterocycles. The number of amides is 1. The second kappa shape index (κ2) is 4.36. The van der Waals surface area contributed by atoms with Crippen LogP contribution in [0.15, 0.2) is 0 Å². The summed E-state index contributed by atoms with van der Waals surface area (Å²) in [5.74, 6) is 1.43. The first kappa shape index (κ1) is 11.5. The van der Waals surface area contributed by atoms with Crippen molar-refractivity contribution in [1.82, 2.24) is 15.1 Å². The van der Waals surface area contributed by atoms with Crippen LogP contribution in [0, 0.1) is 5.92 Å². The van der Waals surface area contributed by atoms with E-state index in [1.807, 2.05) is 0 Å². The van der Waals surface area contributed by atoms with E-state index in [0.717, 1.165) is 38.8 Å². The molecule has 1 aromatic rings. The summed E-state index contributed by atoms with van der Waals surface area (Å²) in [7, 11) is 0. The third kappa shape index (κ3) is 1.97. The SMILES string of the molecule is O=C(C1CCC1)N1CCc2[nH]nc(C3CC3)c2CC1. The van der Waals surface area contributed by atoms with Crippen molar-refractivity contribution in [3.05, 3.63) is 17.0 Å². The molecule has 2 saturated carbocycles. The van der Waals surface area contributed by atoms with Crippen molar-refractivity contribution >= 4 is 5.91 Å². The lowest BCUT2D eigenvalue weighted by Gasteiger charge is -2.30. The minimum absolute atomic E-state index is 0.331. The van der Waals surface area contributed by atoms with Crippen molar-refractivity contribution in [2.75, 3.05) is 13.1 Å². The van der Waals surface area contributed by atoms with Gasteiger partial charge in [-0.3, -0.25) is 9.89 Å². The molecule has 0 saturated heterocycles. The molecule has 3 aliphatic rings. The van der Waals surface area contributed by atoms with Gasteiger partial charge in [-0.1, -0.05) is 6.42 Å². The minimum Gasteiger partial charge on any atom is -0.342 e. The average molecular weight is 259 g/mol. The minimum atomic E-state index is 0.331.